The number of thiazole rings is 1. The maximum absolute atomic E-state index is 12.2. The predicted molar refractivity (Wildman–Crippen MR) is 108 cm³/mol. The zero-order chi connectivity index (χ0) is 18.0. The summed E-state index contributed by atoms with van der Waals surface area (Å²) in [5.74, 6) is 0.620. The van der Waals surface area contributed by atoms with E-state index in [-0.39, 0.29) is 5.91 Å². The lowest BCUT2D eigenvalue weighted by Gasteiger charge is -2.01. The summed E-state index contributed by atoms with van der Waals surface area (Å²) in [6.45, 7) is 4.18. The van der Waals surface area contributed by atoms with Gasteiger partial charge in [0.1, 0.15) is 0 Å². The van der Waals surface area contributed by atoms with Crippen LogP contribution in [0.2, 0.25) is 5.02 Å². The fourth-order valence-corrected chi connectivity index (χ4v) is 4.92. The maximum atomic E-state index is 12.2. The highest BCUT2D eigenvalue weighted by Gasteiger charge is 2.08. The van der Waals surface area contributed by atoms with Gasteiger partial charge in [-0.2, -0.15) is 4.99 Å². The lowest BCUT2D eigenvalue weighted by atomic mass is 10.1. The molecular weight excluding hydrogens is 372 g/mol. The number of nitrogens with zero attached hydrogens (tertiary/aromatic N) is 2. The second-order valence-electron chi connectivity index (χ2n) is 5.93. The van der Waals surface area contributed by atoms with Crippen molar-refractivity contribution >= 4 is 50.8 Å². The number of fused-ring (bicyclic) bond motifs is 1. The fourth-order valence-electron chi connectivity index (χ4n) is 2.74. The van der Waals surface area contributed by atoms with Gasteiger partial charge in [-0.15, -0.1) is 11.8 Å². The molecule has 0 saturated carbocycles. The Labute approximate surface area is 160 Å². The van der Waals surface area contributed by atoms with Gasteiger partial charge in [-0.05, 0) is 55.3 Å². The van der Waals surface area contributed by atoms with Gasteiger partial charge in [0.05, 0.1) is 10.2 Å². The van der Waals surface area contributed by atoms with Crippen LogP contribution in [0.3, 0.4) is 0 Å². The number of halogens is 1. The van der Waals surface area contributed by atoms with Crippen LogP contribution in [0.1, 0.15) is 17.5 Å². The molecule has 130 valence electrons. The Morgan fingerprint density at radius 2 is 1.96 bits per heavy atom. The van der Waals surface area contributed by atoms with Crippen LogP contribution < -0.4 is 4.80 Å². The third-order valence-corrected chi connectivity index (χ3v) is 6.20. The Hall–Kier alpha value is -1.56. The monoisotopic (exact) mass is 390 g/mol. The molecular formula is C19H19ClN2OS2. The van der Waals surface area contributed by atoms with Crippen LogP contribution in [-0.4, -0.2) is 16.2 Å². The number of amides is 1. The summed E-state index contributed by atoms with van der Waals surface area (Å²) in [6.07, 6.45) is 0.416. The van der Waals surface area contributed by atoms with E-state index in [4.69, 9.17) is 11.6 Å². The van der Waals surface area contributed by atoms with Gasteiger partial charge < -0.3 is 4.57 Å². The molecule has 25 heavy (non-hydrogen) atoms. The number of hydrogen-bond donors (Lipinski definition) is 0. The summed E-state index contributed by atoms with van der Waals surface area (Å²) in [7, 11) is 1.97. The molecule has 0 aliphatic rings. The molecule has 1 aromatic heterocycles. The van der Waals surface area contributed by atoms with Gasteiger partial charge in [0, 0.05) is 29.1 Å². The molecule has 0 N–H and O–H groups in total. The number of rotatable bonds is 4. The highest BCUT2D eigenvalue weighted by atomic mass is 35.5. The second kappa shape index (κ2) is 7.77. The van der Waals surface area contributed by atoms with Crippen LogP contribution in [0, 0.1) is 13.8 Å². The summed E-state index contributed by atoms with van der Waals surface area (Å²) >= 11 is 9.08. The largest absolute Gasteiger partial charge is 0.319 e. The predicted octanol–water partition coefficient (Wildman–Crippen LogP) is 5.12. The molecule has 0 fully saturated rings. The third-order valence-electron chi connectivity index (χ3n) is 3.85. The SMILES string of the molecule is Cc1cc(C)c2c(c1)sc(=NC(=O)CCSc1ccc(Cl)cc1)n2C. The molecule has 1 amide bonds. The van der Waals surface area contributed by atoms with E-state index in [9.17, 15) is 4.79 Å². The third kappa shape index (κ3) is 4.35. The van der Waals surface area contributed by atoms with Crippen molar-refractivity contribution in [2.45, 2.75) is 25.2 Å². The molecule has 2 aromatic carbocycles. The number of thioether (sulfide) groups is 1. The Morgan fingerprint density at radius 1 is 1.24 bits per heavy atom. The zero-order valence-corrected chi connectivity index (χ0v) is 16.8. The number of aromatic nitrogens is 1. The van der Waals surface area contributed by atoms with E-state index < -0.39 is 0 Å². The average Bonchev–Trinajstić information content (AvgIpc) is 2.85. The molecule has 1 heterocycles. The summed E-state index contributed by atoms with van der Waals surface area (Å²) in [6, 6.07) is 11.9. The van der Waals surface area contributed by atoms with E-state index in [2.05, 4.69) is 31.0 Å². The van der Waals surface area contributed by atoms with Gasteiger partial charge >= 0.3 is 0 Å². The average molecular weight is 391 g/mol. The smallest absolute Gasteiger partial charge is 0.249 e. The van der Waals surface area contributed by atoms with Crippen LogP contribution in [0.15, 0.2) is 46.3 Å². The van der Waals surface area contributed by atoms with Crippen molar-refractivity contribution < 1.29 is 4.79 Å². The number of benzene rings is 2. The Bertz CT molecular complexity index is 987. The molecule has 0 saturated heterocycles. The van der Waals surface area contributed by atoms with Gasteiger partial charge in [0.25, 0.3) is 0 Å². The molecule has 0 unspecified atom stereocenters. The van der Waals surface area contributed by atoms with E-state index in [1.54, 1.807) is 23.1 Å². The van der Waals surface area contributed by atoms with Crippen molar-refractivity contribution in [3.63, 3.8) is 0 Å². The van der Waals surface area contributed by atoms with Gasteiger partial charge in [-0.25, -0.2) is 0 Å². The van der Waals surface area contributed by atoms with E-state index in [0.29, 0.717) is 12.2 Å². The summed E-state index contributed by atoms with van der Waals surface area (Å²) < 4.78 is 3.18. The van der Waals surface area contributed by atoms with Crippen molar-refractivity contribution in [3.8, 4) is 0 Å². The number of carbonyl (C=O) groups excluding carboxylic acids is 1. The molecule has 0 atom stereocenters. The first-order chi connectivity index (χ1) is 11.9. The number of aryl methyl sites for hydroxylation is 3. The standard InChI is InChI=1S/C19H19ClN2OS2/c1-12-10-13(2)18-16(11-12)25-19(22(18)3)21-17(23)8-9-24-15-6-4-14(20)5-7-15/h4-7,10-11H,8-9H2,1-3H3. The first-order valence-corrected chi connectivity index (χ1v) is 10.1. The summed E-state index contributed by atoms with van der Waals surface area (Å²) in [5, 5.41) is 0.721. The van der Waals surface area contributed by atoms with Gasteiger partial charge in [0.2, 0.25) is 5.91 Å². The number of carbonyl (C=O) groups is 1. The van der Waals surface area contributed by atoms with E-state index >= 15 is 0 Å². The van der Waals surface area contributed by atoms with Crippen molar-refractivity contribution in [2.75, 3.05) is 5.75 Å². The quantitative estimate of drug-likeness (QED) is 0.579. The molecule has 0 radical (unpaired) electrons. The van der Waals surface area contributed by atoms with E-state index in [1.165, 1.54) is 15.8 Å². The number of hydrogen-bond acceptors (Lipinski definition) is 3. The lowest BCUT2D eigenvalue weighted by Crippen LogP contribution is -2.13. The molecule has 0 spiro atoms. The Morgan fingerprint density at radius 3 is 2.68 bits per heavy atom. The lowest BCUT2D eigenvalue weighted by molar-refractivity contribution is -0.117. The minimum atomic E-state index is -0.0852. The van der Waals surface area contributed by atoms with Crippen LogP contribution in [0.4, 0.5) is 0 Å². The Kier molecular flexibility index (Phi) is 5.67. The molecule has 6 heteroatoms. The first kappa shape index (κ1) is 18.2. The second-order valence-corrected chi connectivity index (χ2v) is 8.54. The highest BCUT2D eigenvalue weighted by molar-refractivity contribution is 7.99. The van der Waals surface area contributed by atoms with Crippen LogP contribution in [-0.2, 0) is 11.8 Å². The van der Waals surface area contributed by atoms with Crippen molar-refractivity contribution in [2.24, 2.45) is 12.0 Å². The fraction of sp³-hybridized carbons (Fsp3) is 0.263. The van der Waals surface area contributed by atoms with Gasteiger partial charge in [-0.3, -0.25) is 4.79 Å². The van der Waals surface area contributed by atoms with Crippen LogP contribution in [0.5, 0.6) is 0 Å². The first-order valence-electron chi connectivity index (χ1n) is 7.97. The van der Waals surface area contributed by atoms with Gasteiger partial charge in [0.15, 0.2) is 4.80 Å². The van der Waals surface area contributed by atoms with Gasteiger partial charge in [-0.1, -0.05) is 29.0 Å². The molecule has 3 nitrogen and oxygen atoms in total. The molecule has 0 aliphatic heterocycles. The molecule has 3 aromatic rings. The summed E-state index contributed by atoms with van der Waals surface area (Å²) in [4.78, 5) is 18.4. The molecule has 0 aliphatic carbocycles. The minimum absolute atomic E-state index is 0.0852. The van der Waals surface area contributed by atoms with Crippen molar-refractivity contribution in [3.05, 3.63) is 57.3 Å². The minimum Gasteiger partial charge on any atom is -0.319 e. The van der Waals surface area contributed by atoms with E-state index in [0.717, 1.165) is 20.2 Å². The molecule has 3 rings (SSSR count). The highest BCUT2D eigenvalue weighted by Crippen LogP contribution is 2.23. The normalized spacial score (nSPS) is 12.1. The zero-order valence-electron chi connectivity index (χ0n) is 14.4. The van der Waals surface area contributed by atoms with Crippen LogP contribution >= 0.6 is 34.7 Å². The topological polar surface area (TPSA) is 34.4 Å². The summed E-state index contributed by atoms with van der Waals surface area (Å²) in [5.41, 5.74) is 3.59. The van der Waals surface area contributed by atoms with Crippen molar-refractivity contribution in [1.29, 1.82) is 0 Å². The van der Waals surface area contributed by atoms with Crippen LogP contribution in [0.25, 0.3) is 10.2 Å². The molecule has 0 bridgehead atoms. The van der Waals surface area contributed by atoms with Crippen molar-refractivity contribution in [1.82, 2.24) is 4.57 Å². The van der Waals surface area contributed by atoms with E-state index in [1.807, 2.05) is 35.9 Å². The Balaban J connectivity index is 1.73. The maximum Gasteiger partial charge on any atom is 0.249 e.